The number of amides is 3. The maximum atomic E-state index is 13.5. The molecular formula is C31H33N7O5. The van der Waals surface area contributed by atoms with E-state index in [4.69, 9.17) is 0 Å². The van der Waals surface area contributed by atoms with Crippen molar-refractivity contribution in [3.05, 3.63) is 87.2 Å². The molecule has 12 nitrogen and oxygen atoms in total. The molecule has 0 unspecified atom stereocenters. The van der Waals surface area contributed by atoms with Gasteiger partial charge in [-0.15, -0.1) is 0 Å². The van der Waals surface area contributed by atoms with Gasteiger partial charge in [0.15, 0.2) is 17.1 Å². The summed E-state index contributed by atoms with van der Waals surface area (Å²) in [5.41, 5.74) is 2.63. The van der Waals surface area contributed by atoms with Gasteiger partial charge in [0, 0.05) is 43.0 Å². The van der Waals surface area contributed by atoms with E-state index in [1.54, 1.807) is 21.9 Å². The molecule has 12 heteroatoms. The van der Waals surface area contributed by atoms with Gasteiger partial charge in [-0.1, -0.05) is 30.3 Å². The number of fused-ring (bicyclic) bond motifs is 2. The van der Waals surface area contributed by atoms with E-state index in [1.807, 2.05) is 44.2 Å². The molecule has 4 heterocycles. The molecule has 4 N–H and O–H groups in total. The summed E-state index contributed by atoms with van der Waals surface area (Å²) in [5, 5.41) is 16.2. The molecule has 6 rings (SSSR count). The highest BCUT2D eigenvalue weighted by Crippen LogP contribution is 2.39. The number of nitrogens with zero attached hydrogens (tertiary/aromatic N) is 4. The first-order valence-corrected chi connectivity index (χ1v) is 14.4. The van der Waals surface area contributed by atoms with Crippen LogP contribution in [0.25, 0.3) is 11.2 Å². The van der Waals surface area contributed by atoms with Crippen LogP contribution < -0.4 is 16.1 Å². The third-order valence-electron chi connectivity index (χ3n) is 8.03. The van der Waals surface area contributed by atoms with Crippen LogP contribution in [0.4, 0.5) is 0 Å². The molecule has 0 bridgehead atoms. The van der Waals surface area contributed by atoms with E-state index in [1.165, 1.54) is 6.07 Å². The van der Waals surface area contributed by atoms with E-state index >= 15 is 0 Å². The minimum atomic E-state index is -0.685. The van der Waals surface area contributed by atoms with Crippen LogP contribution in [0.5, 0.6) is 5.75 Å². The molecule has 0 spiro atoms. The van der Waals surface area contributed by atoms with Crippen molar-refractivity contribution in [2.24, 2.45) is 0 Å². The summed E-state index contributed by atoms with van der Waals surface area (Å²) >= 11 is 0. The Kier molecular flexibility index (Phi) is 7.43. The van der Waals surface area contributed by atoms with Gasteiger partial charge in [0.1, 0.15) is 5.52 Å². The smallest absolute Gasteiger partial charge is 0.274 e. The second-order valence-electron chi connectivity index (χ2n) is 11.3. The molecule has 3 amide bonds. The first-order chi connectivity index (χ1) is 20.7. The summed E-state index contributed by atoms with van der Waals surface area (Å²) in [4.78, 5) is 66.0. The summed E-state index contributed by atoms with van der Waals surface area (Å²) in [6.07, 6.45) is 5.36. The molecule has 222 valence electrons. The Balaban J connectivity index is 1.20. The van der Waals surface area contributed by atoms with Crippen molar-refractivity contribution >= 4 is 28.9 Å². The molecule has 1 aliphatic heterocycles. The molecule has 3 aromatic heterocycles. The molecule has 2 aliphatic rings. The Bertz CT molecular complexity index is 1770. The molecule has 0 saturated heterocycles. The maximum Gasteiger partial charge on any atom is 0.274 e. The standard InChI is InChI=1S/C31H33N7O5/c1-17(2)37-10-11-38-20(12-24(39)28(41)27(38)31(37)43)14-32-25(40)13-22(18-6-4-3-5-7-18)36-30(42)21-15-33-29-26(21)35-23(16-34-29)19-8-9-19/h3-7,12,15-17,19,22,41H,8-11,13-14H2,1-2H3,(H,32,40)(H,33,34)(H,36,42)/t22-/m0/s1. The number of hydrogen-bond acceptors (Lipinski definition) is 7. The summed E-state index contributed by atoms with van der Waals surface area (Å²) in [6.45, 7) is 4.48. The highest BCUT2D eigenvalue weighted by atomic mass is 16.3. The van der Waals surface area contributed by atoms with Crippen LogP contribution in [0.15, 0.2) is 53.6 Å². The lowest BCUT2D eigenvalue weighted by Gasteiger charge is -2.34. The summed E-state index contributed by atoms with van der Waals surface area (Å²) in [7, 11) is 0. The van der Waals surface area contributed by atoms with Crippen molar-refractivity contribution in [2.75, 3.05) is 6.54 Å². The highest BCUT2D eigenvalue weighted by molar-refractivity contribution is 6.04. The molecule has 43 heavy (non-hydrogen) atoms. The SMILES string of the molecule is CC(C)N1CCn2c(CNC(=O)C[C@H](NC(=O)c3c[nH]c4ncc(C5CC5)nc34)c3ccccc3)cc(=O)c(O)c2C1=O. The number of pyridine rings is 1. The number of hydrogen-bond donors (Lipinski definition) is 4. The Labute approximate surface area is 247 Å². The molecule has 1 fully saturated rings. The van der Waals surface area contributed by atoms with Crippen LogP contribution in [0.3, 0.4) is 0 Å². The van der Waals surface area contributed by atoms with Gasteiger partial charge in [-0.25, -0.2) is 9.97 Å². The lowest BCUT2D eigenvalue weighted by Crippen LogP contribution is -2.46. The second kappa shape index (κ2) is 11.3. The van der Waals surface area contributed by atoms with Gasteiger partial charge in [-0.3, -0.25) is 19.2 Å². The first kappa shape index (κ1) is 28.1. The van der Waals surface area contributed by atoms with Crippen molar-refractivity contribution in [3.8, 4) is 5.75 Å². The molecule has 0 radical (unpaired) electrons. The zero-order valence-corrected chi connectivity index (χ0v) is 24.0. The molecule has 1 atom stereocenters. The molecular weight excluding hydrogens is 550 g/mol. The Morgan fingerprint density at radius 2 is 1.91 bits per heavy atom. The number of H-pyrrole nitrogens is 1. The molecule has 1 saturated carbocycles. The lowest BCUT2D eigenvalue weighted by atomic mass is 10.0. The van der Waals surface area contributed by atoms with Crippen LogP contribution in [0.1, 0.15) is 82.9 Å². The van der Waals surface area contributed by atoms with E-state index in [2.05, 4.69) is 25.6 Å². The zero-order chi connectivity index (χ0) is 30.2. The fourth-order valence-corrected chi connectivity index (χ4v) is 5.52. The largest absolute Gasteiger partial charge is 0.503 e. The van der Waals surface area contributed by atoms with Crippen LogP contribution in [0.2, 0.25) is 0 Å². The Hall–Kier alpha value is -5.00. The quantitative estimate of drug-likeness (QED) is 0.235. The summed E-state index contributed by atoms with van der Waals surface area (Å²) < 4.78 is 1.59. The first-order valence-electron chi connectivity index (χ1n) is 14.4. The molecule has 1 aliphatic carbocycles. The fraction of sp³-hybridized carbons (Fsp3) is 0.355. The number of aromatic hydroxyl groups is 1. The van der Waals surface area contributed by atoms with Crippen LogP contribution >= 0.6 is 0 Å². The normalized spacial score (nSPS) is 15.4. The highest BCUT2D eigenvalue weighted by Gasteiger charge is 2.32. The fourth-order valence-electron chi connectivity index (χ4n) is 5.52. The number of benzene rings is 1. The monoisotopic (exact) mass is 583 g/mol. The number of aromatic nitrogens is 4. The van der Waals surface area contributed by atoms with Crippen molar-refractivity contribution in [3.63, 3.8) is 0 Å². The van der Waals surface area contributed by atoms with Gasteiger partial charge < -0.3 is 30.2 Å². The average molecular weight is 584 g/mol. The number of carbonyl (C=O) groups is 3. The van der Waals surface area contributed by atoms with Crippen molar-refractivity contribution < 1.29 is 19.5 Å². The van der Waals surface area contributed by atoms with Crippen LogP contribution in [0, 0.1) is 0 Å². The predicted octanol–water partition coefficient (Wildman–Crippen LogP) is 2.74. The number of rotatable bonds is 9. The van der Waals surface area contributed by atoms with Gasteiger partial charge in [0.2, 0.25) is 11.3 Å². The minimum absolute atomic E-state index is 0.0340. The van der Waals surface area contributed by atoms with Gasteiger partial charge in [0.05, 0.1) is 36.5 Å². The third-order valence-corrected chi connectivity index (χ3v) is 8.03. The lowest BCUT2D eigenvalue weighted by molar-refractivity contribution is -0.121. The van der Waals surface area contributed by atoms with Gasteiger partial charge >= 0.3 is 0 Å². The second-order valence-corrected chi connectivity index (χ2v) is 11.3. The topological polar surface area (TPSA) is 162 Å². The third kappa shape index (κ3) is 5.60. The van der Waals surface area contributed by atoms with E-state index in [-0.39, 0.29) is 36.5 Å². The van der Waals surface area contributed by atoms with Crippen LogP contribution in [-0.2, 0) is 17.9 Å². The van der Waals surface area contributed by atoms with Gasteiger partial charge in [-0.05, 0) is 32.3 Å². The van der Waals surface area contributed by atoms with E-state index in [0.717, 1.165) is 24.1 Å². The maximum absolute atomic E-state index is 13.5. The Morgan fingerprint density at radius 1 is 1.14 bits per heavy atom. The molecule has 4 aromatic rings. The number of aromatic amines is 1. The molecule has 1 aromatic carbocycles. The van der Waals surface area contributed by atoms with Crippen molar-refractivity contribution in [1.29, 1.82) is 0 Å². The number of nitrogens with one attached hydrogen (secondary N) is 3. The van der Waals surface area contributed by atoms with E-state index in [0.29, 0.717) is 41.4 Å². The average Bonchev–Trinajstić information content (AvgIpc) is 3.76. The van der Waals surface area contributed by atoms with E-state index < -0.39 is 23.1 Å². The summed E-state index contributed by atoms with van der Waals surface area (Å²) in [5.74, 6) is -1.40. The van der Waals surface area contributed by atoms with Gasteiger partial charge in [-0.2, -0.15) is 0 Å². The van der Waals surface area contributed by atoms with Crippen molar-refractivity contribution in [2.45, 2.75) is 64.2 Å². The minimum Gasteiger partial charge on any atom is -0.503 e. The Morgan fingerprint density at radius 3 is 2.63 bits per heavy atom. The zero-order valence-electron chi connectivity index (χ0n) is 24.0. The van der Waals surface area contributed by atoms with E-state index in [9.17, 15) is 24.3 Å². The van der Waals surface area contributed by atoms with Crippen molar-refractivity contribution in [1.82, 2.24) is 35.1 Å². The summed E-state index contributed by atoms with van der Waals surface area (Å²) in [6, 6.07) is 9.67. The van der Waals surface area contributed by atoms with Gasteiger partial charge in [0.25, 0.3) is 11.8 Å². The predicted molar refractivity (Wildman–Crippen MR) is 158 cm³/mol. The number of carbonyl (C=O) groups excluding carboxylic acids is 3. The van der Waals surface area contributed by atoms with Crippen LogP contribution in [-0.4, -0.2) is 59.8 Å².